The van der Waals surface area contributed by atoms with E-state index in [1.54, 1.807) is 0 Å². The van der Waals surface area contributed by atoms with Crippen LogP contribution in [0.3, 0.4) is 0 Å². The van der Waals surface area contributed by atoms with Crippen LogP contribution in [0.25, 0.3) is 10.9 Å². The molecule has 15 heavy (non-hydrogen) atoms. The molecule has 3 rings (SSSR count). The summed E-state index contributed by atoms with van der Waals surface area (Å²) >= 11 is 0. The smallest absolute Gasteiger partial charge is 0.0481 e. The van der Waals surface area contributed by atoms with Gasteiger partial charge in [0.2, 0.25) is 0 Å². The first-order valence-corrected chi connectivity index (χ1v) is 5.63. The summed E-state index contributed by atoms with van der Waals surface area (Å²) in [7, 11) is 2.13. The third kappa shape index (κ3) is 1.37. The first-order chi connectivity index (χ1) is 7.36. The minimum atomic E-state index is 0.566. The Kier molecular flexibility index (Phi) is 2.03. The van der Waals surface area contributed by atoms with Crippen molar-refractivity contribution in [3.63, 3.8) is 0 Å². The molecule has 1 saturated heterocycles. The second-order valence-corrected chi connectivity index (χ2v) is 4.36. The van der Waals surface area contributed by atoms with Crippen molar-refractivity contribution < 1.29 is 0 Å². The number of hydrogen-bond acceptors (Lipinski definition) is 1. The highest BCUT2D eigenvalue weighted by molar-refractivity contribution is 5.84. The Morgan fingerprint density at radius 2 is 2.20 bits per heavy atom. The zero-order valence-corrected chi connectivity index (χ0v) is 9.03. The second kappa shape index (κ2) is 3.38. The molecule has 2 aromatic rings. The average Bonchev–Trinajstić information content (AvgIpc) is 2.87. The number of rotatable bonds is 1. The Morgan fingerprint density at radius 3 is 3.00 bits per heavy atom. The summed E-state index contributed by atoms with van der Waals surface area (Å²) < 4.78 is 2.23. The minimum absolute atomic E-state index is 0.566. The molecule has 1 fully saturated rings. The van der Waals surface area contributed by atoms with Crippen LogP contribution in [0.2, 0.25) is 0 Å². The van der Waals surface area contributed by atoms with Gasteiger partial charge in [0.1, 0.15) is 0 Å². The Hall–Kier alpha value is -1.28. The SMILES string of the molecule is Cn1cc(C2CCCN2)c2ccccc21. The van der Waals surface area contributed by atoms with E-state index in [-0.39, 0.29) is 0 Å². The van der Waals surface area contributed by atoms with E-state index in [4.69, 9.17) is 0 Å². The van der Waals surface area contributed by atoms with Crippen LogP contribution in [0.1, 0.15) is 24.4 Å². The molecule has 0 saturated carbocycles. The van der Waals surface area contributed by atoms with Crippen LogP contribution in [0, 0.1) is 0 Å². The van der Waals surface area contributed by atoms with E-state index in [1.165, 1.54) is 29.3 Å². The molecule has 0 amide bonds. The maximum absolute atomic E-state index is 3.57. The summed E-state index contributed by atoms with van der Waals surface area (Å²) in [5, 5.41) is 4.97. The summed E-state index contributed by atoms with van der Waals surface area (Å²) in [6.45, 7) is 1.16. The summed E-state index contributed by atoms with van der Waals surface area (Å²) in [4.78, 5) is 0. The molecule has 1 aromatic heterocycles. The van der Waals surface area contributed by atoms with Gasteiger partial charge in [-0.25, -0.2) is 0 Å². The molecule has 78 valence electrons. The van der Waals surface area contributed by atoms with Crippen molar-refractivity contribution >= 4 is 10.9 Å². The lowest BCUT2D eigenvalue weighted by Crippen LogP contribution is -2.12. The Bertz CT molecular complexity index is 478. The van der Waals surface area contributed by atoms with Crippen molar-refractivity contribution in [3.05, 3.63) is 36.0 Å². The molecule has 2 nitrogen and oxygen atoms in total. The van der Waals surface area contributed by atoms with Crippen LogP contribution < -0.4 is 5.32 Å². The van der Waals surface area contributed by atoms with Gasteiger partial charge in [-0.15, -0.1) is 0 Å². The zero-order chi connectivity index (χ0) is 10.3. The average molecular weight is 200 g/mol. The molecule has 0 bridgehead atoms. The number of nitrogens with zero attached hydrogens (tertiary/aromatic N) is 1. The number of aryl methyl sites for hydroxylation is 1. The van der Waals surface area contributed by atoms with E-state index in [0.29, 0.717) is 6.04 Å². The molecule has 0 aliphatic carbocycles. The normalized spacial score (nSPS) is 21.3. The minimum Gasteiger partial charge on any atom is -0.350 e. The molecular formula is C13H16N2. The standard InChI is InChI=1S/C13H16N2/c1-15-9-11(12-6-4-8-14-12)10-5-2-3-7-13(10)15/h2-3,5,7,9,12,14H,4,6,8H2,1H3. The third-order valence-corrected chi connectivity index (χ3v) is 3.36. The van der Waals surface area contributed by atoms with Crippen molar-refractivity contribution in [1.29, 1.82) is 0 Å². The van der Waals surface area contributed by atoms with E-state index < -0.39 is 0 Å². The number of nitrogens with one attached hydrogen (secondary N) is 1. The van der Waals surface area contributed by atoms with Gasteiger partial charge in [-0.2, -0.15) is 0 Å². The summed E-state index contributed by atoms with van der Waals surface area (Å²) in [5.74, 6) is 0. The molecule has 1 unspecified atom stereocenters. The van der Waals surface area contributed by atoms with Gasteiger partial charge in [-0.3, -0.25) is 0 Å². The molecule has 0 radical (unpaired) electrons. The van der Waals surface area contributed by atoms with Crippen molar-refractivity contribution in [2.24, 2.45) is 7.05 Å². The largest absolute Gasteiger partial charge is 0.350 e. The number of benzene rings is 1. The Balaban J connectivity index is 2.17. The predicted octanol–water partition coefficient (Wildman–Crippen LogP) is 2.60. The molecule has 2 heteroatoms. The number of hydrogen-bond donors (Lipinski definition) is 1. The highest BCUT2D eigenvalue weighted by atomic mass is 15.0. The molecule has 0 spiro atoms. The molecule has 1 aliphatic rings. The second-order valence-electron chi connectivity index (χ2n) is 4.36. The maximum atomic E-state index is 3.57. The maximum Gasteiger partial charge on any atom is 0.0481 e. The van der Waals surface area contributed by atoms with E-state index in [1.807, 2.05) is 0 Å². The Labute approximate surface area is 89.9 Å². The molecule has 1 aliphatic heterocycles. The first kappa shape index (κ1) is 8.98. The fourth-order valence-electron chi connectivity index (χ4n) is 2.60. The highest BCUT2D eigenvalue weighted by Crippen LogP contribution is 2.30. The molecule has 1 N–H and O–H groups in total. The lowest BCUT2D eigenvalue weighted by molar-refractivity contribution is 0.650. The van der Waals surface area contributed by atoms with Gasteiger partial charge in [0.25, 0.3) is 0 Å². The topological polar surface area (TPSA) is 17.0 Å². The van der Waals surface area contributed by atoms with E-state index in [9.17, 15) is 0 Å². The van der Waals surface area contributed by atoms with Crippen LogP contribution >= 0.6 is 0 Å². The van der Waals surface area contributed by atoms with Gasteiger partial charge < -0.3 is 9.88 Å². The predicted molar refractivity (Wildman–Crippen MR) is 62.9 cm³/mol. The molecule has 1 atom stereocenters. The monoisotopic (exact) mass is 200 g/mol. The molecule has 1 aromatic carbocycles. The first-order valence-electron chi connectivity index (χ1n) is 5.63. The Morgan fingerprint density at radius 1 is 1.33 bits per heavy atom. The van der Waals surface area contributed by atoms with Crippen LogP contribution in [-0.4, -0.2) is 11.1 Å². The van der Waals surface area contributed by atoms with Crippen molar-refractivity contribution in [3.8, 4) is 0 Å². The van der Waals surface area contributed by atoms with E-state index >= 15 is 0 Å². The van der Waals surface area contributed by atoms with Crippen LogP contribution in [-0.2, 0) is 7.05 Å². The molecular weight excluding hydrogens is 184 g/mol. The highest BCUT2D eigenvalue weighted by Gasteiger charge is 2.19. The summed E-state index contributed by atoms with van der Waals surface area (Å²) in [6, 6.07) is 9.21. The van der Waals surface area contributed by atoms with Crippen molar-refractivity contribution in [2.45, 2.75) is 18.9 Å². The van der Waals surface area contributed by atoms with Crippen LogP contribution in [0.15, 0.2) is 30.5 Å². The van der Waals surface area contributed by atoms with Gasteiger partial charge in [0, 0.05) is 30.2 Å². The molecule has 2 heterocycles. The number of aromatic nitrogens is 1. The third-order valence-electron chi connectivity index (χ3n) is 3.36. The van der Waals surface area contributed by atoms with Gasteiger partial charge >= 0.3 is 0 Å². The van der Waals surface area contributed by atoms with Gasteiger partial charge in [0.15, 0.2) is 0 Å². The van der Waals surface area contributed by atoms with Crippen molar-refractivity contribution in [2.75, 3.05) is 6.54 Å². The quantitative estimate of drug-likeness (QED) is 0.748. The van der Waals surface area contributed by atoms with E-state index in [2.05, 4.69) is 47.4 Å². The lowest BCUT2D eigenvalue weighted by Gasteiger charge is -2.08. The summed E-state index contributed by atoms with van der Waals surface area (Å²) in [5.41, 5.74) is 2.80. The summed E-state index contributed by atoms with van der Waals surface area (Å²) in [6.07, 6.45) is 4.84. The fraction of sp³-hybridized carbons (Fsp3) is 0.385. The van der Waals surface area contributed by atoms with Gasteiger partial charge in [-0.05, 0) is 31.0 Å². The number of fused-ring (bicyclic) bond motifs is 1. The van der Waals surface area contributed by atoms with Crippen molar-refractivity contribution in [1.82, 2.24) is 9.88 Å². The zero-order valence-electron chi connectivity index (χ0n) is 9.03. The van der Waals surface area contributed by atoms with Crippen LogP contribution in [0.4, 0.5) is 0 Å². The lowest BCUT2D eigenvalue weighted by atomic mass is 10.0. The van der Waals surface area contributed by atoms with Gasteiger partial charge in [-0.1, -0.05) is 18.2 Å². The van der Waals surface area contributed by atoms with Gasteiger partial charge in [0.05, 0.1) is 0 Å². The van der Waals surface area contributed by atoms with Crippen LogP contribution in [0.5, 0.6) is 0 Å². The number of para-hydroxylation sites is 1. The van der Waals surface area contributed by atoms with E-state index in [0.717, 1.165) is 6.54 Å². The fourth-order valence-corrected chi connectivity index (χ4v) is 2.60.